The summed E-state index contributed by atoms with van der Waals surface area (Å²) in [6.45, 7) is 2.10. The third-order valence-electron chi connectivity index (χ3n) is 10.7. The molecule has 2 fully saturated rings. The third-order valence-corrected chi connectivity index (χ3v) is 12.2. The molecule has 15 nitrogen and oxygen atoms in total. The Bertz CT molecular complexity index is 2410. The van der Waals surface area contributed by atoms with Gasteiger partial charge in [0.2, 0.25) is 23.6 Å². The van der Waals surface area contributed by atoms with Crippen LogP contribution in [-0.2, 0) is 19.2 Å². The number of aromatic nitrogens is 2. The topological polar surface area (TPSA) is 192 Å². The zero-order valence-electron chi connectivity index (χ0n) is 33.3. The van der Waals surface area contributed by atoms with Crippen molar-refractivity contribution in [2.75, 3.05) is 43.1 Å². The van der Waals surface area contributed by atoms with Crippen LogP contribution in [0.2, 0.25) is 5.02 Å². The number of anilines is 3. The first-order chi connectivity index (χ1) is 29.5. The summed E-state index contributed by atoms with van der Waals surface area (Å²) in [5, 5.41) is 11.9. The second-order valence-electron chi connectivity index (χ2n) is 14.9. The molecule has 61 heavy (non-hydrogen) atoms. The maximum Gasteiger partial charge on any atom is 0.263 e. The van der Waals surface area contributed by atoms with Crippen molar-refractivity contribution in [2.24, 2.45) is 0 Å². The van der Waals surface area contributed by atoms with Gasteiger partial charge in [-0.3, -0.25) is 43.9 Å². The number of imide groups is 2. The first-order valence-electron chi connectivity index (χ1n) is 20.0. The quantitative estimate of drug-likeness (QED) is 0.0445. The Hall–Kier alpha value is -5.91. The summed E-state index contributed by atoms with van der Waals surface area (Å²) in [7, 11) is 1.50. The summed E-state index contributed by atoms with van der Waals surface area (Å²) in [4.78, 5) is 88.6. The van der Waals surface area contributed by atoms with Crippen LogP contribution >= 0.6 is 23.4 Å². The van der Waals surface area contributed by atoms with Gasteiger partial charge in [-0.15, -0.1) is 11.8 Å². The Kier molecular flexibility index (Phi) is 13.9. The summed E-state index contributed by atoms with van der Waals surface area (Å²) < 4.78 is 19.2. The second kappa shape index (κ2) is 19.6. The first-order valence-corrected chi connectivity index (χ1v) is 21.4. The van der Waals surface area contributed by atoms with Crippen LogP contribution in [0.5, 0.6) is 5.75 Å². The largest absolute Gasteiger partial charge is 0.494 e. The van der Waals surface area contributed by atoms with Crippen molar-refractivity contribution in [1.82, 2.24) is 30.4 Å². The summed E-state index contributed by atoms with van der Waals surface area (Å²) in [5.74, 6) is -1.42. The van der Waals surface area contributed by atoms with Crippen LogP contribution in [0.3, 0.4) is 0 Å². The molecule has 3 aromatic carbocycles. The molecule has 0 saturated carbocycles. The normalized spacial score (nSPS) is 17.2. The lowest BCUT2D eigenvalue weighted by Gasteiger charge is -2.31. The highest BCUT2D eigenvalue weighted by Gasteiger charge is 2.45. The fourth-order valence-electron chi connectivity index (χ4n) is 7.55. The number of piperidine rings is 2. The molecule has 1 unspecified atom stereocenters. The van der Waals surface area contributed by atoms with Gasteiger partial charge < -0.3 is 20.7 Å². The third kappa shape index (κ3) is 10.3. The second-order valence-corrected chi connectivity index (χ2v) is 16.4. The van der Waals surface area contributed by atoms with Crippen LogP contribution in [0.1, 0.15) is 72.1 Å². The van der Waals surface area contributed by atoms with Crippen LogP contribution in [0.25, 0.3) is 10.9 Å². The van der Waals surface area contributed by atoms with E-state index in [4.69, 9.17) is 16.3 Å². The Balaban J connectivity index is 0.801. The van der Waals surface area contributed by atoms with Gasteiger partial charge in [-0.25, -0.2) is 14.4 Å². The number of ether oxygens (including phenoxy) is 1. The molecule has 0 spiro atoms. The molecule has 0 bridgehead atoms. The maximum absolute atomic E-state index is 13.7. The van der Waals surface area contributed by atoms with Gasteiger partial charge in [0, 0.05) is 66.6 Å². The molecular formula is C43H44ClFN8O7S. The van der Waals surface area contributed by atoms with Crippen molar-refractivity contribution in [1.29, 1.82) is 0 Å². The van der Waals surface area contributed by atoms with E-state index in [2.05, 4.69) is 36.1 Å². The fourth-order valence-corrected chi connectivity index (χ4v) is 8.82. The van der Waals surface area contributed by atoms with Crippen LogP contribution < -0.4 is 26.0 Å². The van der Waals surface area contributed by atoms with E-state index in [1.165, 1.54) is 49.5 Å². The molecule has 4 aromatic rings. The summed E-state index contributed by atoms with van der Waals surface area (Å²) >= 11 is 7.42. The molecule has 6 amide bonds. The molecule has 0 radical (unpaired) electrons. The van der Waals surface area contributed by atoms with Crippen molar-refractivity contribution in [3.63, 3.8) is 0 Å². The van der Waals surface area contributed by atoms with Gasteiger partial charge in [0.1, 0.15) is 29.8 Å². The number of methoxy groups -OCH3 is 1. The van der Waals surface area contributed by atoms with Gasteiger partial charge >= 0.3 is 0 Å². The van der Waals surface area contributed by atoms with E-state index < -0.39 is 35.5 Å². The number of nitrogens with one attached hydrogen (secondary N) is 4. The molecule has 318 valence electrons. The molecule has 4 heterocycles. The van der Waals surface area contributed by atoms with E-state index in [0.717, 1.165) is 43.7 Å². The number of carbonyl (C=O) groups excluding carboxylic acids is 6. The highest BCUT2D eigenvalue weighted by molar-refractivity contribution is 7.99. The molecule has 18 heteroatoms. The molecule has 2 saturated heterocycles. The van der Waals surface area contributed by atoms with E-state index in [1.807, 2.05) is 0 Å². The number of halogens is 2. The molecule has 4 N–H and O–H groups in total. The van der Waals surface area contributed by atoms with E-state index in [1.54, 1.807) is 36.4 Å². The van der Waals surface area contributed by atoms with E-state index in [0.29, 0.717) is 69.4 Å². The van der Waals surface area contributed by atoms with Crippen LogP contribution in [0.15, 0.2) is 71.9 Å². The Morgan fingerprint density at radius 3 is 2.61 bits per heavy atom. The Labute approximate surface area is 360 Å². The first kappa shape index (κ1) is 43.2. The lowest BCUT2D eigenvalue weighted by atomic mass is 10.0. The van der Waals surface area contributed by atoms with Crippen LogP contribution in [0, 0.1) is 5.82 Å². The summed E-state index contributed by atoms with van der Waals surface area (Å²) in [6.07, 6.45) is 9.17. The smallest absolute Gasteiger partial charge is 0.263 e. The number of benzene rings is 3. The maximum atomic E-state index is 13.7. The molecule has 1 aromatic heterocycles. The number of thioether (sulfide) groups is 1. The van der Waals surface area contributed by atoms with Crippen molar-refractivity contribution in [3.05, 3.63) is 89.0 Å². The molecule has 3 aliphatic rings. The minimum absolute atomic E-state index is 0.0136. The van der Waals surface area contributed by atoms with Gasteiger partial charge in [-0.2, -0.15) is 0 Å². The number of unbranched alkanes of at least 4 members (excludes halogenated alkanes) is 2. The Morgan fingerprint density at radius 2 is 1.84 bits per heavy atom. The number of hydrogen-bond acceptors (Lipinski definition) is 12. The lowest BCUT2D eigenvalue weighted by molar-refractivity contribution is -0.136. The fraction of sp³-hybridized carbons (Fsp3) is 0.349. The van der Waals surface area contributed by atoms with Gasteiger partial charge in [-0.1, -0.05) is 30.2 Å². The highest BCUT2D eigenvalue weighted by atomic mass is 35.5. The molecule has 0 aliphatic carbocycles. The summed E-state index contributed by atoms with van der Waals surface area (Å²) in [6, 6.07) is 11.8. The average Bonchev–Trinajstić information content (AvgIpc) is 3.50. The Morgan fingerprint density at radius 1 is 1.02 bits per heavy atom. The number of likely N-dealkylation sites (tertiary alicyclic amines) is 1. The zero-order valence-corrected chi connectivity index (χ0v) is 34.9. The molecular weight excluding hydrogens is 827 g/mol. The van der Waals surface area contributed by atoms with Crippen LogP contribution in [0.4, 0.5) is 21.6 Å². The van der Waals surface area contributed by atoms with Gasteiger partial charge in [0.25, 0.3) is 11.8 Å². The highest BCUT2D eigenvalue weighted by Crippen LogP contribution is 2.36. The molecule has 1 atom stereocenters. The predicted octanol–water partition coefficient (Wildman–Crippen LogP) is 6.00. The SMILES string of the molecule is COc1cc2ncnc(Nc3ccc(F)c(Cl)c3)c2cc1NC(=O)C=CCN1CCC(NC(=O)CCCCCSc2cccc3c2C(=O)N(C2CCC(=O)NC2=O)C3=O)CC1. The van der Waals surface area contributed by atoms with Crippen molar-refractivity contribution >= 4 is 86.9 Å². The van der Waals surface area contributed by atoms with Crippen molar-refractivity contribution < 1.29 is 37.9 Å². The van der Waals surface area contributed by atoms with E-state index >= 15 is 0 Å². The molecule has 3 aliphatic heterocycles. The van der Waals surface area contributed by atoms with Crippen molar-refractivity contribution in [2.45, 2.75) is 68.3 Å². The summed E-state index contributed by atoms with van der Waals surface area (Å²) in [5.41, 5.74) is 2.07. The lowest BCUT2D eigenvalue weighted by Crippen LogP contribution is -2.54. The van der Waals surface area contributed by atoms with Gasteiger partial charge in [0.05, 0.1) is 34.5 Å². The standard InChI is InChI=1S/C43H44ClFN8O7S/c1-60-34-23-31-28(40(47-24-46-31)49-26-11-12-30(45)29(44)21-26)22-32(34)50-37(55)10-6-17-52-18-15-25(16-19-52)48-36(54)9-3-2-4-20-61-35-8-5-7-27-39(35)43(59)53(42(27)58)33-13-14-38(56)51-41(33)57/h5-8,10-12,21-25,33H,2-4,9,13-20H2,1H3,(H,48,54)(H,50,55)(H,46,47,49)(H,51,56,57). The van der Waals surface area contributed by atoms with Gasteiger partial charge in [-0.05, 0) is 74.3 Å². The minimum atomic E-state index is -1.01. The van der Waals surface area contributed by atoms with Gasteiger partial charge in [0.15, 0.2) is 0 Å². The zero-order chi connectivity index (χ0) is 43.0. The number of fused-ring (bicyclic) bond motifs is 2. The minimum Gasteiger partial charge on any atom is -0.494 e. The van der Waals surface area contributed by atoms with Crippen LogP contribution in [-0.4, -0.2) is 99.8 Å². The van der Waals surface area contributed by atoms with E-state index in [-0.39, 0.29) is 41.3 Å². The number of rotatable bonds is 16. The van der Waals surface area contributed by atoms with Crippen molar-refractivity contribution in [3.8, 4) is 5.75 Å². The average molecular weight is 871 g/mol. The molecule has 7 rings (SSSR count). The number of amides is 6. The number of nitrogens with zero attached hydrogens (tertiary/aromatic N) is 4. The number of hydrogen-bond donors (Lipinski definition) is 4. The number of carbonyl (C=O) groups is 6. The van der Waals surface area contributed by atoms with E-state index in [9.17, 15) is 33.2 Å². The predicted molar refractivity (Wildman–Crippen MR) is 228 cm³/mol. The monoisotopic (exact) mass is 870 g/mol.